The quantitative estimate of drug-likeness (QED) is 0.623. The Bertz CT molecular complexity index is 319. The lowest BCUT2D eigenvalue weighted by atomic mass is 10.3. The predicted octanol–water partition coefficient (Wildman–Crippen LogP) is 2.34. The largest absolute Gasteiger partial charge is 0.344 e. The molecule has 1 atom stereocenters. The Morgan fingerprint density at radius 3 is 2.77 bits per heavy atom. The van der Waals surface area contributed by atoms with Crippen molar-refractivity contribution < 1.29 is 9.46 Å². The summed E-state index contributed by atoms with van der Waals surface area (Å²) < 4.78 is 11.0. The van der Waals surface area contributed by atoms with Crippen LogP contribution < -0.4 is 0 Å². The smallest absolute Gasteiger partial charge is 0.207 e. The fourth-order valence-corrected chi connectivity index (χ4v) is 2.50. The van der Waals surface area contributed by atoms with Crippen LogP contribution in [0.1, 0.15) is 5.56 Å². The molecule has 0 radical (unpaired) electrons. The number of pyridine rings is 1. The molecule has 1 aromatic heterocycles. The molecular weight excluding hydrogens is 205 g/mol. The van der Waals surface area contributed by atoms with Crippen molar-refractivity contribution in [1.29, 1.82) is 0 Å². The Morgan fingerprint density at radius 1 is 1.62 bits per heavy atom. The van der Waals surface area contributed by atoms with E-state index in [1.807, 2.05) is 19.1 Å². The van der Waals surface area contributed by atoms with Crippen molar-refractivity contribution in [3.63, 3.8) is 0 Å². The van der Waals surface area contributed by atoms with Crippen LogP contribution in [0.25, 0.3) is 0 Å². The van der Waals surface area contributed by atoms with Gasteiger partial charge in [-0.1, -0.05) is 17.8 Å². The third-order valence-electron chi connectivity index (χ3n) is 1.34. The van der Waals surface area contributed by atoms with Gasteiger partial charge in [-0.15, -0.1) is 0 Å². The van der Waals surface area contributed by atoms with Gasteiger partial charge in [0, 0.05) is 12.9 Å². The van der Waals surface area contributed by atoms with Crippen LogP contribution in [0.4, 0.5) is 0 Å². The van der Waals surface area contributed by atoms with Crippen molar-refractivity contribution in [2.45, 2.75) is 11.9 Å². The Hall–Kier alpha value is -0.310. The van der Waals surface area contributed by atoms with Gasteiger partial charge in [0.1, 0.15) is 0 Å². The molecule has 0 saturated heterocycles. The molecule has 5 heteroatoms. The molecule has 1 heterocycles. The Labute approximate surface area is 82.0 Å². The van der Waals surface area contributed by atoms with Gasteiger partial charge >= 0.3 is 0 Å². The second kappa shape index (κ2) is 4.27. The molecule has 0 spiro atoms. The molecule has 1 N–H and O–H groups in total. The van der Waals surface area contributed by atoms with Crippen molar-refractivity contribution in [3.8, 4) is 0 Å². The van der Waals surface area contributed by atoms with Crippen molar-refractivity contribution >= 4 is 19.1 Å². The Morgan fingerprint density at radius 2 is 2.31 bits per heavy atom. The van der Waals surface area contributed by atoms with E-state index in [-0.39, 0.29) is 5.49 Å². The zero-order chi connectivity index (χ0) is 9.90. The lowest BCUT2D eigenvalue weighted by Gasteiger charge is -2.03. The first-order chi connectivity index (χ1) is 5.97. The van der Waals surface area contributed by atoms with E-state index in [9.17, 15) is 4.57 Å². The molecule has 1 aromatic rings. The summed E-state index contributed by atoms with van der Waals surface area (Å²) in [5.74, 6) is 0. The van der Waals surface area contributed by atoms with Gasteiger partial charge in [-0.05, 0) is 18.6 Å². The van der Waals surface area contributed by atoms with Gasteiger partial charge in [0.05, 0.1) is 10.5 Å². The normalized spacial score (nSPS) is 15.3. The summed E-state index contributed by atoms with van der Waals surface area (Å²) in [6, 6.07) is 3.79. The highest BCUT2D eigenvalue weighted by Gasteiger charge is 2.10. The molecule has 0 aliphatic carbocycles. The van der Waals surface area contributed by atoms with Gasteiger partial charge in [0.25, 0.3) is 0 Å². The second-order valence-corrected chi connectivity index (χ2v) is 6.84. The third-order valence-corrected chi connectivity index (χ3v) is 4.31. The highest BCUT2D eigenvalue weighted by Crippen LogP contribution is 2.41. The lowest BCUT2D eigenvalue weighted by molar-refractivity contribution is 0.490. The molecule has 1 rings (SSSR count). The predicted molar refractivity (Wildman–Crippen MR) is 55.4 cm³/mol. The molecular formula is C8H12NO2PS. The fourth-order valence-electron chi connectivity index (χ4n) is 0.726. The molecule has 0 fully saturated rings. The van der Waals surface area contributed by atoms with Crippen molar-refractivity contribution in [2.24, 2.45) is 0 Å². The minimum Gasteiger partial charge on any atom is -0.344 e. The van der Waals surface area contributed by atoms with Crippen molar-refractivity contribution in [3.05, 3.63) is 23.9 Å². The van der Waals surface area contributed by atoms with Crippen LogP contribution >= 0.6 is 19.1 Å². The number of thioether (sulfide) groups is 1. The summed E-state index contributed by atoms with van der Waals surface area (Å²) >= 11 is 1.31. The molecule has 0 aliphatic heterocycles. The van der Waals surface area contributed by atoms with Crippen LogP contribution in [0, 0.1) is 6.92 Å². The molecule has 1 unspecified atom stereocenters. The SMILES string of the molecule is Cc1ccc(SCP(C)(=O)O)nc1. The number of aromatic nitrogens is 1. The Kier molecular flexibility index (Phi) is 3.54. The molecule has 0 amide bonds. The highest BCUT2D eigenvalue weighted by molar-refractivity contribution is 8.04. The number of hydrogen-bond acceptors (Lipinski definition) is 3. The first-order valence-electron chi connectivity index (χ1n) is 3.82. The number of nitrogens with zero attached hydrogens (tertiary/aromatic N) is 1. The standard InChI is InChI=1S/C8H12NO2PS/c1-7-3-4-8(9-5-7)13-6-12(2,10)11/h3-5H,6H2,1-2H3,(H,10,11). The number of aryl methyl sites for hydroxylation is 1. The van der Waals surface area contributed by atoms with Gasteiger partial charge in [0.2, 0.25) is 7.37 Å². The van der Waals surface area contributed by atoms with E-state index >= 15 is 0 Å². The van der Waals surface area contributed by atoms with Crippen LogP contribution in [0.5, 0.6) is 0 Å². The van der Waals surface area contributed by atoms with E-state index in [4.69, 9.17) is 4.89 Å². The van der Waals surface area contributed by atoms with Crippen molar-refractivity contribution in [2.75, 3.05) is 12.2 Å². The third kappa shape index (κ3) is 4.46. The molecule has 0 bridgehead atoms. The van der Waals surface area contributed by atoms with Crippen LogP contribution in [-0.4, -0.2) is 22.0 Å². The van der Waals surface area contributed by atoms with Crippen molar-refractivity contribution in [1.82, 2.24) is 4.98 Å². The summed E-state index contributed by atoms with van der Waals surface area (Å²) in [6.07, 6.45) is 1.75. The maximum atomic E-state index is 11.0. The maximum absolute atomic E-state index is 11.0. The minimum atomic E-state index is -2.92. The van der Waals surface area contributed by atoms with E-state index in [0.29, 0.717) is 0 Å². The summed E-state index contributed by atoms with van der Waals surface area (Å²) in [4.78, 5) is 13.2. The summed E-state index contributed by atoms with van der Waals surface area (Å²) in [6.45, 7) is 3.31. The topological polar surface area (TPSA) is 50.2 Å². The van der Waals surface area contributed by atoms with E-state index in [2.05, 4.69) is 4.98 Å². The van der Waals surface area contributed by atoms with Gasteiger partial charge in [-0.25, -0.2) is 4.98 Å². The van der Waals surface area contributed by atoms with Gasteiger partial charge in [-0.3, -0.25) is 4.57 Å². The number of hydrogen-bond donors (Lipinski definition) is 1. The average Bonchev–Trinajstić information content (AvgIpc) is 2.02. The average molecular weight is 217 g/mol. The monoisotopic (exact) mass is 217 g/mol. The Balaban J connectivity index is 2.56. The second-order valence-electron chi connectivity index (χ2n) is 3.00. The molecule has 3 nitrogen and oxygen atoms in total. The van der Waals surface area contributed by atoms with Gasteiger partial charge in [-0.2, -0.15) is 0 Å². The number of rotatable bonds is 3. The van der Waals surface area contributed by atoms with E-state index in [1.165, 1.54) is 18.4 Å². The van der Waals surface area contributed by atoms with Crippen LogP contribution in [0.15, 0.2) is 23.4 Å². The highest BCUT2D eigenvalue weighted by atomic mass is 32.2. The van der Waals surface area contributed by atoms with E-state index in [1.54, 1.807) is 6.20 Å². The first-order valence-corrected chi connectivity index (χ1v) is 7.10. The zero-order valence-electron chi connectivity index (χ0n) is 7.60. The molecule has 0 aromatic carbocycles. The molecule has 0 aliphatic rings. The maximum Gasteiger partial charge on any atom is 0.207 e. The van der Waals surface area contributed by atoms with Crippen LogP contribution in [-0.2, 0) is 4.57 Å². The lowest BCUT2D eigenvalue weighted by Crippen LogP contribution is -1.84. The molecule has 0 saturated carbocycles. The molecule has 13 heavy (non-hydrogen) atoms. The minimum absolute atomic E-state index is 0.225. The summed E-state index contributed by atoms with van der Waals surface area (Å²) in [5.41, 5.74) is 1.32. The molecule has 72 valence electrons. The van der Waals surface area contributed by atoms with Crippen LogP contribution in [0.2, 0.25) is 0 Å². The summed E-state index contributed by atoms with van der Waals surface area (Å²) in [5, 5.41) is 0.793. The summed E-state index contributed by atoms with van der Waals surface area (Å²) in [7, 11) is -2.92. The fraction of sp³-hybridized carbons (Fsp3) is 0.375. The van der Waals surface area contributed by atoms with Gasteiger partial charge < -0.3 is 4.89 Å². The van der Waals surface area contributed by atoms with Crippen LogP contribution in [0.3, 0.4) is 0 Å². The first kappa shape index (κ1) is 10.8. The van der Waals surface area contributed by atoms with Gasteiger partial charge in [0.15, 0.2) is 0 Å². The van der Waals surface area contributed by atoms with E-state index < -0.39 is 7.37 Å². The van der Waals surface area contributed by atoms with E-state index in [0.717, 1.165) is 10.6 Å². The zero-order valence-corrected chi connectivity index (χ0v) is 9.31.